The van der Waals surface area contributed by atoms with Crippen molar-refractivity contribution in [3.8, 4) is 0 Å². The number of aromatic nitrogens is 3. The SMILES string of the molecule is Cn1nnc2c1C=CN(C(=O)c1cccc(C(F)(F)F)c1Cl)C2c1ccc(F)cc1. The van der Waals surface area contributed by atoms with Crippen LogP contribution in [-0.4, -0.2) is 25.8 Å². The maximum Gasteiger partial charge on any atom is 0.417 e. The molecule has 0 radical (unpaired) electrons. The van der Waals surface area contributed by atoms with Crippen LogP contribution in [0.2, 0.25) is 5.02 Å². The summed E-state index contributed by atoms with van der Waals surface area (Å²) >= 11 is 5.95. The number of hydrogen-bond donors (Lipinski definition) is 0. The van der Waals surface area contributed by atoms with E-state index in [2.05, 4.69) is 10.3 Å². The molecule has 1 aliphatic rings. The summed E-state index contributed by atoms with van der Waals surface area (Å²) in [4.78, 5) is 14.5. The first kappa shape index (κ1) is 20.1. The van der Waals surface area contributed by atoms with Crippen LogP contribution in [0.3, 0.4) is 0 Å². The second kappa shape index (κ2) is 7.24. The number of rotatable bonds is 2. The zero-order chi connectivity index (χ0) is 21.6. The summed E-state index contributed by atoms with van der Waals surface area (Å²) in [6.07, 6.45) is -1.70. The van der Waals surface area contributed by atoms with E-state index in [9.17, 15) is 22.4 Å². The van der Waals surface area contributed by atoms with Gasteiger partial charge < -0.3 is 4.90 Å². The van der Waals surface area contributed by atoms with Gasteiger partial charge >= 0.3 is 6.18 Å². The van der Waals surface area contributed by atoms with Crippen LogP contribution in [0.4, 0.5) is 17.6 Å². The molecule has 2 aromatic carbocycles. The molecule has 10 heteroatoms. The van der Waals surface area contributed by atoms with Crippen molar-refractivity contribution in [2.24, 2.45) is 7.05 Å². The molecule has 0 aliphatic carbocycles. The van der Waals surface area contributed by atoms with Gasteiger partial charge in [0.2, 0.25) is 0 Å². The molecule has 1 aromatic heterocycles. The van der Waals surface area contributed by atoms with Gasteiger partial charge in [0.25, 0.3) is 5.91 Å². The van der Waals surface area contributed by atoms with E-state index in [4.69, 9.17) is 11.6 Å². The highest BCUT2D eigenvalue weighted by Crippen LogP contribution is 2.39. The minimum Gasteiger partial charge on any atom is -0.302 e. The molecule has 3 aromatic rings. The fourth-order valence-electron chi connectivity index (χ4n) is 3.34. The Morgan fingerprint density at radius 1 is 1.13 bits per heavy atom. The van der Waals surface area contributed by atoms with E-state index >= 15 is 0 Å². The predicted molar refractivity (Wildman–Crippen MR) is 101 cm³/mol. The van der Waals surface area contributed by atoms with Crippen LogP contribution in [0, 0.1) is 5.82 Å². The van der Waals surface area contributed by atoms with Crippen molar-refractivity contribution < 1.29 is 22.4 Å². The van der Waals surface area contributed by atoms with Gasteiger partial charge in [0.1, 0.15) is 17.6 Å². The molecule has 0 fully saturated rings. The van der Waals surface area contributed by atoms with Crippen LogP contribution in [0.25, 0.3) is 6.08 Å². The Kier molecular flexibility index (Phi) is 4.85. The number of nitrogens with zero attached hydrogens (tertiary/aromatic N) is 4. The normalized spacial score (nSPS) is 15.9. The van der Waals surface area contributed by atoms with E-state index in [0.29, 0.717) is 17.0 Å². The predicted octanol–water partition coefficient (Wildman–Crippen LogP) is 4.84. The highest BCUT2D eigenvalue weighted by molar-refractivity contribution is 6.34. The Morgan fingerprint density at radius 3 is 2.50 bits per heavy atom. The highest BCUT2D eigenvalue weighted by Gasteiger charge is 2.38. The number of alkyl halides is 3. The third kappa shape index (κ3) is 3.35. The van der Waals surface area contributed by atoms with Crippen LogP contribution in [-0.2, 0) is 13.2 Å². The smallest absolute Gasteiger partial charge is 0.302 e. The third-order valence-corrected chi connectivity index (χ3v) is 5.19. The molecular weight excluding hydrogens is 424 g/mol. The Morgan fingerprint density at radius 2 is 1.83 bits per heavy atom. The van der Waals surface area contributed by atoms with Crippen LogP contribution in [0.5, 0.6) is 0 Å². The summed E-state index contributed by atoms with van der Waals surface area (Å²) < 4.78 is 54.6. The Balaban J connectivity index is 1.83. The topological polar surface area (TPSA) is 51.0 Å². The lowest BCUT2D eigenvalue weighted by molar-refractivity contribution is -0.137. The number of carbonyl (C=O) groups is 1. The molecule has 0 saturated heterocycles. The monoisotopic (exact) mass is 436 g/mol. The van der Waals surface area contributed by atoms with E-state index in [1.54, 1.807) is 13.1 Å². The molecule has 0 spiro atoms. The van der Waals surface area contributed by atoms with Crippen molar-refractivity contribution in [2.75, 3.05) is 0 Å². The first-order chi connectivity index (χ1) is 14.2. The third-order valence-electron chi connectivity index (χ3n) is 4.78. The fourth-order valence-corrected chi connectivity index (χ4v) is 3.65. The van der Waals surface area contributed by atoms with E-state index in [1.807, 2.05) is 0 Å². The van der Waals surface area contributed by atoms with Gasteiger partial charge in [-0.05, 0) is 35.9 Å². The number of halogens is 5. The Hall–Kier alpha value is -3.20. The second-order valence-corrected chi connectivity index (χ2v) is 7.01. The van der Waals surface area contributed by atoms with Crippen LogP contribution >= 0.6 is 11.6 Å². The van der Waals surface area contributed by atoms with Gasteiger partial charge in [0.05, 0.1) is 21.8 Å². The van der Waals surface area contributed by atoms with Crippen LogP contribution in [0.1, 0.15) is 38.9 Å². The van der Waals surface area contributed by atoms with Crippen molar-refractivity contribution in [2.45, 2.75) is 12.2 Å². The molecule has 0 N–H and O–H groups in total. The van der Waals surface area contributed by atoms with Crippen molar-refractivity contribution in [3.05, 3.63) is 87.6 Å². The van der Waals surface area contributed by atoms with Gasteiger partial charge in [-0.3, -0.25) is 4.79 Å². The van der Waals surface area contributed by atoms with Gasteiger partial charge in [-0.15, -0.1) is 5.10 Å². The zero-order valence-corrected chi connectivity index (χ0v) is 16.1. The van der Waals surface area contributed by atoms with Crippen molar-refractivity contribution >= 4 is 23.6 Å². The molecule has 2 heterocycles. The maximum absolute atomic E-state index is 13.4. The molecule has 0 bridgehead atoms. The standard InChI is InChI=1S/C20H13ClF4N4O/c1-28-15-9-10-29(18(17(15)26-27-28)11-5-7-12(22)8-6-11)19(30)13-3-2-4-14(16(13)21)20(23,24)25/h2-10,18H,1H3. The van der Waals surface area contributed by atoms with Gasteiger partial charge in [-0.1, -0.05) is 35.0 Å². The highest BCUT2D eigenvalue weighted by atomic mass is 35.5. The quantitative estimate of drug-likeness (QED) is 0.540. The lowest BCUT2D eigenvalue weighted by atomic mass is 9.97. The largest absolute Gasteiger partial charge is 0.417 e. The lowest BCUT2D eigenvalue weighted by Gasteiger charge is -2.31. The Bertz CT molecular complexity index is 1150. The molecule has 1 unspecified atom stereocenters. The first-order valence-electron chi connectivity index (χ1n) is 8.70. The molecule has 1 atom stereocenters. The average molecular weight is 437 g/mol. The van der Waals surface area contributed by atoms with Gasteiger partial charge in [-0.25, -0.2) is 9.07 Å². The number of carbonyl (C=O) groups excluding carboxylic acids is 1. The van der Waals surface area contributed by atoms with Gasteiger partial charge in [0, 0.05) is 13.2 Å². The number of aryl methyl sites for hydroxylation is 1. The molecule has 154 valence electrons. The summed E-state index contributed by atoms with van der Waals surface area (Å²) in [7, 11) is 1.67. The molecule has 0 saturated carbocycles. The van der Waals surface area contributed by atoms with E-state index < -0.39 is 34.5 Å². The molecule has 30 heavy (non-hydrogen) atoms. The fraction of sp³-hybridized carbons (Fsp3) is 0.150. The summed E-state index contributed by atoms with van der Waals surface area (Å²) in [5.74, 6) is -1.23. The number of amides is 1. The molecule has 1 amide bonds. The second-order valence-electron chi connectivity index (χ2n) is 6.63. The minimum absolute atomic E-state index is 0.310. The molecule has 1 aliphatic heterocycles. The van der Waals surface area contributed by atoms with E-state index in [0.717, 1.165) is 12.1 Å². The van der Waals surface area contributed by atoms with E-state index in [1.165, 1.54) is 46.1 Å². The maximum atomic E-state index is 13.4. The van der Waals surface area contributed by atoms with Crippen molar-refractivity contribution in [1.29, 1.82) is 0 Å². The minimum atomic E-state index is -4.71. The molecule has 4 rings (SSSR count). The van der Waals surface area contributed by atoms with E-state index in [-0.39, 0.29) is 5.56 Å². The number of hydrogen-bond acceptors (Lipinski definition) is 3. The first-order valence-corrected chi connectivity index (χ1v) is 9.08. The number of fused-ring (bicyclic) bond motifs is 1. The summed E-state index contributed by atoms with van der Waals surface area (Å²) in [6.45, 7) is 0. The van der Waals surface area contributed by atoms with Gasteiger partial charge in [0.15, 0.2) is 0 Å². The number of benzene rings is 2. The summed E-state index contributed by atoms with van der Waals surface area (Å²) in [5.41, 5.74) is 0.121. The Labute approximate surface area is 173 Å². The van der Waals surface area contributed by atoms with Crippen LogP contribution < -0.4 is 0 Å². The van der Waals surface area contributed by atoms with Gasteiger partial charge in [-0.2, -0.15) is 13.2 Å². The summed E-state index contributed by atoms with van der Waals surface area (Å²) in [5, 5.41) is 7.37. The average Bonchev–Trinajstić information content (AvgIpc) is 3.08. The molecular formula is C20H13ClF4N4O. The lowest BCUT2D eigenvalue weighted by Crippen LogP contribution is -2.34. The zero-order valence-electron chi connectivity index (χ0n) is 15.4. The summed E-state index contributed by atoms with van der Waals surface area (Å²) in [6, 6.07) is 7.74. The van der Waals surface area contributed by atoms with Crippen molar-refractivity contribution in [3.63, 3.8) is 0 Å². The van der Waals surface area contributed by atoms with Crippen molar-refractivity contribution in [1.82, 2.24) is 19.9 Å². The molecule has 5 nitrogen and oxygen atoms in total. The van der Waals surface area contributed by atoms with Crippen LogP contribution in [0.15, 0.2) is 48.7 Å².